The molecule has 0 radical (unpaired) electrons. The number of likely N-dealkylation sites (tertiary alicyclic amines) is 2. The first-order valence-electron chi connectivity index (χ1n) is 25.0. The van der Waals surface area contributed by atoms with Crippen LogP contribution in [0.5, 0.6) is 0 Å². The van der Waals surface area contributed by atoms with Crippen LogP contribution in [0.2, 0.25) is 0 Å². The van der Waals surface area contributed by atoms with Crippen molar-refractivity contribution >= 4 is 24.0 Å². The Morgan fingerprint density at radius 1 is 0.623 bits per heavy atom. The molecule has 6 atom stereocenters. The highest BCUT2D eigenvalue weighted by Crippen LogP contribution is 2.55. The van der Waals surface area contributed by atoms with Crippen molar-refractivity contribution in [3.05, 3.63) is 95.8 Å². The third-order valence-electron chi connectivity index (χ3n) is 15.5. The Kier molecular flexibility index (Phi) is 13.5. The van der Waals surface area contributed by atoms with E-state index in [-0.39, 0.29) is 53.0 Å². The summed E-state index contributed by atoms with van der Waals surface area (Å²) in [7, 11) is 2.61. The summed E-state index contributed by atoms with van der Waals surface area (Å²) in [5, 5.41) is 5.49. The Balaban J connectivity index is 0.942. The molecule has 3 fully saturated rings. The van der Waals surface area contributed by atoms with Gasteiger partial charge in [-0.3, -0.25) is 9.59 Å². The van der Waals surface area contributed by atoms with Gasteiger partial charge in [-0.2, -0.15) is 0 Å². The standard InChI is InChI=1S/C55H68N8O6/c1-31(2)47(60-53(66)68-7)51(64)62-29-33(5)25-44(62)49-56-27-42(58-49)37-15-11-35(12-16-37)39-19-20-40(46-41(39)21-24-55(46)22-9-10-23-55)36-13-17-38(18-14-36)43-28-57-50(59-43)45-26-34(6)30-63(45)52(65)48(32(3)4)61-54(67)69-8/h11-20,27-28,31-34,44-45,47-48H,9-10,21-26,29-30H2,1-8H3,(H,56,58)(H,57,59)(H,60,66)(H,61,67)/t33-,34-,44?,45+,47+,48+/m1/s1. The van der Waals surface area contributed by atoms with Crippen LogP contribution in [0.4, 0.5) is 9.59 Å². The van der Waals surface area contributed by atoms with Gasteiger partial charge in [0, 0.05) is 13.1 Å². The molecule has 1 unspecified atom stereocenters. The second kappa shape index (κ2) is 19.5. The number of methoxy groups -OCH3 is 2. The van der Waals surface area contributed by atoms with E-state index in [0.717, 1.165) is 53.4 Å². The van der Waals surface area contributed by atoms with Gasteiger partial charge in [0.25, 0.3) is 0 Å². The molecule has 2 aliphatic carbocycles. The number of carbonyl (C=O) groups excluding carboxylic acids is 4. The Hall–Kier alpha value is -6.44. The van der Waals surface area contributed by atoms with Crippen molar-refractivity contribution in [2.24, 2.45) is 23.7 Å². The van der Waals surface area contributed by atoms with E-state index in [9.17, 15) is 19.2 Å². The fourth-order valence-electron chi connectivity index (χ4n) is 11.9. The highest BCUT2D eigenvalue weighted by molar-refractivity contribution is 5.87. The van der Waals surface area contributed by atoms with Gasteiger partial charge in [-0.25, -0.2) is 19.6 Å². The summed E-state index contributed by atoms with van der Waals surface area (Å²) < 4.78 is 9.66. The molecule has 69 heavy (non-hydrogen) atoms. The normalized spacial score (nSPS) is 21.5. The van der Waals surface area contributed by atoms with Crippen LogP contribution in [0.25, 0.3) is 44.8 Å². The summed E-state index contributed by atoms with van der Waals surface area (Å²) in [6.45, 7) is 13.2. The number of benzene rings is 3. The van der Waals surface area contributed by atoms with Gasteiger partial charge in [0.15, 0.2) is 0 Å². The lowest BCUT2D eigenvalue weighted by molar-refractivity contribution is -0.136. The average molecular weight is 937 g/mol. The molecule has 0 bridgehead atoms. The van der Waals surface area contributed by atoms with E-state index in [1.165, 1.54) is 79.7 Å². The number of nitrogens with one attached hydrogen (secondary N) is 4. The minimum Gasteiger partial charge on any atom is -0.453 e. The van der Waals surface area contributed by atoms with Crippen LogP contribution in [0.1, 0.15) is 121 Å². The first-order valence-corrected chi connectivity index (χ1v) is 25.0. The molecule has 364 valence electrons. The van der Waals surface area contributed by atoms with Crippen LogP contribution >= 0.6 is 0 Å². The minimum atomic E-state index is -0.697. The van der Waals surface area contributed by atoms with E-state index in [2.05, 4.69) is 95.1 Å². The molecule has 1 saturated carbocycles. The number of aromatic nitrogens is 4. The number of carbonyl (C=O) groups is 4. The van der Waals surface area contributed by atoms with E-state index in [4.69, 9.17) is 19.4 Å². The van der Waals surface area contributed by atoms with Crippen LogP contribution in [0.15, 0.2) is 73.1 Å². The average Bonchev–Trinajstić information content (AvgIpc) is 4.23. The molecule has 9 rings (SSSR count). The maximum absolute atomic E-state index is 13.9. The number of imidazole rings is 2. The number of H-pyrrole nitrogens is 2. The van der Waals surface area contributed by atoms with Gasteiger partial charge >= 0.3 is 12.2 Å². The summed E-state index contributed by atoms with van der Waals surface area (Å²) in [6, 6.07) is 20.4. The third kappa shape index (κ3) is 9.26. The van der Waals surface area contributed by atoms with Crippen LogP contribution in [0.3, 0.4) is 0 Å². The molecular weight excluding hydrogens is 869 g/mol. The molecule has 14 heteroatoms. The van der Waals surface area contributed by atoms with Gasteiger partial charge in [-0.15, -0.1) is 0 Å². The SMILES string of the molecule is COC(=O)N[C@H](C(=O)N1C[C@H](C)CC1c1ncc(-c2ccc(-c3ccc(-c4ccc(-c5cnc([C@@H]6C[C@@H](C)CN6C(=O)[C@@H](NC(=O)OC)C(C)C)[nH]5)cc4)c4c3CCC43CCCC3)cc2)[nH]1)C(C)C. The fraction of sp³-hybridized carbons (Fsp3) is 0.491. The summed E-state index contributed by atoms with van der Waals surface area (Å²) in [6.07, 6.45) is 11.2. The predicted octanol–water partition coefficient (Wildman–Crippen LogP) is 10.1. The highest BCUT2D eigenvalue weighted by Gasteiger charge is 2.45. The van der Waals surface area contributed by atoms with E-state index < -0.39 is 24.3 Å². The lowest BCUT2D eigenvalue weighted by Crippen LogP contribution is -2.51. The second-order valence-corrected chi connectivity index (χ2v) is 20.9. The monoisotopic (exact) mass is 937 g/mol. The zero-order valence-corrected chi connectivity index (χ0v) is 41.4. The molecule has 4 heterocycles. The Morgan fingerprint density at radius 2 is 1.04 bits per heavy atom. The number of hydrogen-bond donors (Lipinski definition) is 4. The first kappa shape index (κ1) is 47.6. The molecule has 4 aliphatic rings. The Morgan fingerprint density at radius 3 is 1.48 bits per heavy atom. The van der Waals surface area contributed by atoms with Crippen molar-refractivity contribution < 1.29 is 28.7 Å². The number of ether oxygens (including phenoxy) is 2. The Labute approximate surface area is 405 Å². The van der Waals surface area contributed by atoms with E-state index in [1.54, 1.807) is 0 Å². The topological polar surface area (TPSA) is 175 Å². The zero-order chi connectivity index (χ0) is 48.7. The van der Waals surface area contributed by atoms with Gasteiger partial charge in [0.2, 0.25) is 11.8 Å². The number of nitrogens with zero attached hydrogens (tertiary/aromatic N) is 4. The summed E-state index contributed by atoms with van der Waals surface area (Å²) in [5.74, 6) is 1.58. The summed E-state index contributed by atoms with van der Waals surface area (Å²) >= 11 is 0. The van der Waals surface area contributed by atoms with E-state index >= 15 is 0 Å². The van der Waals surface area contributed by atoms with Crippen molar-refractivity contribution in [3.63, 3.8) is 0 Å². The number of alkyl carbamates (subject to hydrolysis) is 2. The van der Waals surface area contributed by atoms with Crippen molar-refractivity contribution in [1.29, 1.82) is 0 Å². The minimum absolute atomic E-state index is 0.111. The molecule has 2 aliphatic heterocycles. The molecule has 2 aromatic heterocycles. The fourth-order valence-corrected chi connectivity index (χ4v) is 11.9. The molecule has 2 saturated heterocycles. The molecule has 14 nitrogen and oxygen atoms in total. The number of fused-ring (bicyclic) bond motifs is 2. The highest BCUT2D eigenvalue weighted by atomic mass is 16.5. The quantitative estimate of drug-likeness (QED) is 0.0956. The Bertz CT molecular complexity index is 2680. The van der Waals surface area contributed by atoms with Gasteiger partial charge in [-0.1, -0.05) is 115 Å². The van der Waals surface area contributed by atoms with Crippen LogP contribution in [-0.2, 0) is 30.9 Å². The van der Waals surface area contributed by atoms with Crippen molar-refractivity contribution in [2.75, 3.05) is 27.3 Å². The molecule has 1 spiro atoms. The number of hydrogen-bond acceptors (Lipinski definition) is 8. The number of amides is 4. The van der Waals surface area contributed by atoms with Gasteiger partial charge < -0.3 is 39.9 Å². The van der Waals surface area contributed by atoms with Crippen LogP contribution in [0, 0.1) is 23.7 Å². The van der Waals surface area contributed by atoms with Crippen molar-refractivity contribution in [1.82, 2.24) is 40.4 Å². The van der Waals surface area contributed by atoms with Crippen molar-refractivity contribution in [3.8, 4) is 44.8 Å². The third-order valence-corrected chi connectivity index (χ3v) is 15.5. The summed E-state index contributed by atoms with van der Waals surface area (Å²) in [4.78, 5) is 72.5. The van der Waals surface area contributed by atoms with Gasteiger partial charge in [0.1, 0.15) is 23.7 Å². The first-order chi connectivity index (χ1) is 33.2. The number of rotatable bonds is 12. The van der Waals surface area contributed by atoms with Gasteiger partial charge in [-0.05, 0) is 112 Å². The van der Waals surface area contributed by atoms with Gasteiger partial charge in [0.05, 0.1) is 50.1 Å². The maximum atomic E-state index is 13.9. The molecule has 5 aromatic rings. The molecular formula is C55H68N8O6. The van der Waals surface area contributed by atoms with Crippen LogP contribution < -0.4 is 10.6 Å². The molecule has 3 aromatic carbocycles. The molecule has 4 N–H and O–H groups in total. The summed E-state index contributed by atoms with van der Waals surface area (Å²) in [5.41, 5.74) is 12.0. The smallest absolute Gasteiger partial charge is 0.407 e. The zero-order valence-electron chi connectivity index (χ0n) is 41.4. The number of aromatic amines is 2. The lowest BCUT2D eigenvalue weighted by atomic mass is 9.76. The lowest BCUT2D eigenvalue weighted by Gasteiger charge is -2.30. The van der Waals surface area contributed by atoms with Crippen molar-refractivity contribution in [2.45, 2.75) is 122 Å². The molecule has 4 amide bonds. The largest absolute Gasteiger partial charge is 0.453 e. The second-order valence-electron chi connectivity index (χ2n) is 20.9. The van der Waals surface area contributed by atoms with E-state index in [1.807, 2.05) is 49.9 Å². The predicted molar refractivity (Wildman–Crippen MR) is 266 cm³/mol. The van der Waals surface area contributed by atoms with Crippen LogP contribution in [-0.4, -0.2) is 93.1 Å². The van der Waals surface area contributed by atoms with E-state index in [0.29, 0.717) is 13.1 Å². The maximum Gasteiger partial charge on any atom is 0.407 e.